The fourth-order valence-corrected chi connectivity index (χ4v) is 4.26. The van der Waals surface area contributed by atoms with Crippen molar-refractivity contribution in [2.24, 2.45) is 4.99 Å². The lowest BCUT2D eigenvalue weighted by atomic mass is 9.96. The standard InChI is InChI=1S/C24H25N3O3S/c1-4-29-20-13-9-8-12-19(20)22-21(23(28)30-5-2)16(3)26-24(27-22)31-15-18-11-7-6-10-17(18)14-25/h6-13,22H,4-5,15H2,1-3H3,(H,26,27)/t22-/m0/s1. The Morgan fingerprint density at radius 2 is 1.90 bits per heavy atom. The zero-order valence-corrected chi connectivity index (χ0v) is 18.7. The molecule has 1 N–H and O–H groups in total. The molecule has 1 atom stereocenters. The number of nitriles is 1. The molecule has 2 aromatic carbocycles. The number of ether oxygens (including phenoxy) is 2. The second-order valence-electron chi connectivity index (χ2n) is 6.75. The Morgan fingerprint density at radius 1 is 1.16 bits per heavy atom. The van der Waals surface area contributed by atoms with Gasteiger partial charge in [-0.1, -0.05) is 48.2 Å². The van der Waals surface area contributed by atoms with Crippen molar-refractivity contribution in [2.75, 3.05) is 13.2 Å². The van der Waals surface area contributed by atoms with E-state index in [2.05, 4.69) is 11.4 Å². The molecule has 0 aliphatic carbocycles. The molecule has 0 radical (unpaired) electrons. The number of aliphatic imine (C=N–C) groups is 1. The van der Waals surface area contributed by atoms with E-state index < -0.39 is 12.0 Å². The third-order valence-corrected chi connectivity index (χ3v) is 5.67. The lowest BCUT2D eigenvalue weighted by Gasteiger charge is -2.27. The van der Waals surface area contributed by atoms with Crippen LogP contribution in [0.3, 0.4) is 0 Å². The normalized spacial score (nSPS) is 15.5. The Bertz CT molecular complexity index is 1060. The average molecular weight is 436 g/mol. The molecule has 0 spiro atoms. The van der Waals surface area contributed by atoms with Gasteiger partial charge in [-0.05, 0) is 38.5 Å². The van der Waals surface area contributed by atoms with Crippen molar-refractivity contribution >= 4 is 22.9 Å². The summed E-state index contributed by atoms with van der Waals surface area (Å²) in [6.45, 7) is 6.34. The second-order valence-corrected chi connectivity index (χ2v) is 7.71. The van der Waals surface area contributed by atoms with E-state index in [1.807, 2.05) is 56.3 Å². The fraction of sp³-hybridized carbons (Fsp3) is 0.292. The number of hydrogen-bond donors (Lipinski definition) is 1. The molecule has 1 aliphatic rings. The molecule has 0 amide bonds. The number of carbonyl (C=O) groups is 1. The summed E-state index contributed by atoms with van der Waals surface area (Å²) >= 11 is 1.49. The van der Waals surface area contributed by atoms with Gasteiger partial charge in [0, 0.05) is 17.0 Å². The summed E-state index contributed by atoms with van der Waals surface area (Å²) in [5.74, 6) is 0.873. The van der Waals surface area contributed by atoms with Gasteiger partial charge in [-0.15, -0.1) is 0 Å². The van der Waals surface area contributed by atoms with Crippen molar-refractivity contribution in [3.8, 4) is 11.8 Å². The van der Waals surface area contributed by atoms with Crippen LogP contribution in [0.25, 0.3) is 0 Å². The number of esters is 1. The molecule has 0 saturated carbocycles. The van der Waals surface area contributed by atoms with Gasteiger partial charge < -0.3 is 14.8 Å². The molecule has 7 heteroatoms. The summed E-state index contributed by atoms with van der Waals surface area (Å²) in [4.78, 5) is 17.6. The van der Waals surface area contributed by atoms with Crippen LogP contribution < -0.4 is 10.1 Å². The first-order chi connectivity index (χ1) is 15.1. The smallest absolute Gasteiger partial charge is 0.338 e. The van der Waals surface area contributed by atoms with E-state index in [0.29, 0.717) is 40.1 Å². The quantitative estimate of drug-likeness (QED) is 0.633. The highest BCUT2D eigenvalue weighted by atomic mass is 32.2. The van der Waals surface area contributed by atoms with Crippen LogP contribution in [-0.4, -0.2) is 24.4 Å². The van der Waals surface area contributed by atoms with Gasteiger partial charge in [0.25, 0.3) is 0 Å². The van der Waals surface area contributed by atoms with Crippen LogP contribution in [0.1, 0.15) is 43.5 Å². The van der Waals surface area contributed by atoms with Gasteiger partial charge in [-0.25, -0.2) is 9.79 Å². The van der Waals surface area contributed by atoms with E-state index in [9.17, 15) is 10.1 Å². The number of amidine groups is 1. The SMILES string of the molecule is CCOC(=O)C1=C(C)NC(SCc2ccccc2C#N)=N[C@H]1c1ccccc1OCC. The molecule has 0 saturated heterocycles. The monoisotopic (exact) mass is 435 g/mol. The molecule has 1 aliphatic heterocycles. The topological polar surface area (TPSA) is 83.7 Å². The van der Waals surface area contributed by atoms with Crippen molar-refractivity contribution in [3.05, 3.63) is 76.5 Å². The molecule has 0 fully saturated rings. The van der Waals surface area contributed by atoms with Gasteiger partial charge in [-0.2, -0.15) is 5.26 Å². The van der Waals surface area contributed by atoms with Gasteiger partial charge >= 0.3 is 5.97 Å². The Labute approximate surface area is 187 Å². The zero-order chi connectivity index (χ0) is 22.2. The molecule has 6 nitrogen and oxygen atoms in total. The van der Waals surface area contributed by atoms with E-state index in [0.717, 1.165) is 11.1 Å². The number of hydrogen-bond acceptors (Lipinski definition) is 7. The number of carbonyl (C=O) groups excluding carboxylic acids is 1. The number of nitrogens with zero attached hydrogens (tertiary/aromatic N) is 2. The minimum absolute atomic E-state index is 0.283. The highest BCUT2D eigenvalue weighted by molar-refractivity contribution is 8.13. The number of rotatable bonds is 7. The molecule has 2 aromatic rings. The summed E-state index contributed by atoms with van der Waals surface area (Å²) in [6.07, 6.45) is 0. The highest BCUT2D eigenvalue weighted by Gasteiger charge is 2.32. The van der Waals surface area contributed by atoms with Crippen LogP contribution in [-0.2, 0) is 15.3 Å². The van der Waals surface area contributed by atoms with Crippen LogP contribution in [0.4, 0.5) is 0 Å². The van der Waals surface area contributed by atoms with Crippen LogP contribution in [0.2, 0.25) is 0 Å². The first kappa shape index (κ1) is 22.4. The molecule has 31 heavy (non-hydrogen) atoms. The first-order valence-corrected chi connectivity index (χ1v) is 11.1. The number of benzene rings is 2. The molecule has 160 valence electrons. The van der Waals surface area contributed by atoms with Gasteiger partial charge in [0.1, 0.15) is 11.8 Å². The van der Waals surface area contributed by atoms with E-state index in [4.69, 9.17) is 14.5 Å². The predicted octanol–water partition coefficient (Wildman–Crippen LogP) is 4.73. The maximum atomic E-state index is 12.8. The Morgan fingerprint density at radius 3 is 2.65 bits per heavy atom. The van der Waals surface area contributed by atoms with Gasteiger partial charge in [0.05, 0.1) is 30.4 Å². The first-order valence-electron chi connectivity index (χ1n) is 10.1. The molecule has 0 bridgehead atoms. The van der Waals surface area contributed by atoms with Crippen molar-refractivity contribution in [2.45, 2.75) is 32.6 Å². The molecule has 3 rings (SSSR count). The zero-order valence-electron chi connectivity index (χ0n) is 17.8. The van der Waals surface area contributed by atoms with Crippen molar-refractivity contribution in [3.63, 3.8) is 0 Å². The second kappa shape index (κ2) is 10.7. The fourth-order valence-electron chi connectivity index (χ4n) is 3.31. The maximum Gasteiger partial charge on any atom is 0.338 e. The number of para-hydroxylation sites is 1. The average Bonchev–Trinajstić information content (AvgIpc) is 2.78. The lowest BCUT2D eigenvalue weighted by molar-refractivity contribution is -0.138. The van der Waals surface area contributed by atoms with Crippen LogP contribution in [0.15, 0.2) is 64.8 Å². The van der Waals surface area contributed by atoms with Crippen molar-refractivity contribution in [1.29, 1.82) is 5.26 Å². The number of allylic oxidation sites excluding steroid dienone is 1. The van der Waals surface area contributed by atoms with Crippen LogP contribution in [0, 0.1) is 11.3 Å². The van der Waals surface area contributed by atoms with Crippen molar-refractivity contribution < 1.29 is 14.3 Å². The summed E-state index contributed by atoms with van der Waals surface area (Å²) in [7, 11) is 0. The molecule has 0 unspecified atom stereocenters. The third-order valence-electron chi connectivity index (χ3n) is 4.73. The van der Waals surface area contributed by atoms with Crippen LogP contribution in [0.5, 0.6) is 5.75 Å². The molecule has 0 aromatic heterocycles. The van der Waals surface area contributed by atoms with E-state index in [1.165, 1.54) is 11.8 Å². The highest BCUT2D eigenvalue weighted by Crippen LogP contribution is 2.38. The van der Waals surface area contributed by atoms with E-state index >= 15 is 0 Å². The predicted molar refractivity (Wildman–Crippen MR) is 123 cm³/mol. The number of nitrogens with one attached hydrogen (secondary N) is 1. The maximum absolute atomic E-state index is 12.8. The van der Waals surface area contributed by atoms with Crippen LogP contribution >= 0.6 is 11.8 Å². The van der Waals surface area contributed by atoms with Gasteiger partial charge in [-0.3, -0.25) is 0 Å². The summed E-state index contributed by atoms with van der Waals surface area (Å²) in [5.41, 5.74) is 3.55. The Balaban J connectivity index is 1.96. The van der Waals surface area contributed by atoms with Gasteiger partial charge in [0.2, 0.25) is 0 Å². The van der Waals surface area contributed by atoms with E-state index in [1.54, 1.807) is 13.0 Å². The van der Waals surface area contributed by atoms with Gasteiger partial charge in [0.15, 0.2) is 5.17 Å². The minimum atomic E-state index is -0.545. The largest absolute Gasteiger partial charge is 0.494 e. The molecular weight excluding hydrogens is 410 g/mol. The third kappa shape index (κ3) is 5.28. The lowest BCUT2D eigenvalue weighted by Crippen LogP contribution is -2.30. The molecular formula is C24H25N3O3S. The summed E-state index contributed by atoms with van der Waals surface area (Å²) < 4.78 is 11.1. The Kier molecular flexibility index (Phi) is 7.74. The minimum Gasteiger partial charge on any atom is -0.494 e. The van der Waals surface area contributed by atoms with Crippen molar-refractivity contribution in [1.82, 2.24) is 5.32 Å². The Hall–Kier alpha value is -3.24. The summed E-state index contributed by atoms with van der Waals surface area (Å²) in [5, 5.41) is 13.2. The van der Waals surface area contributed by atoms with E-state index in [-0.39, 0.29) is 6.61 Å². The molecule has 1 heterocycles. The number of thioether (sulfide) groups is 1. The summed E-state index contributed by atoms with van der Waals surface area (Å²) in [6, 6.07) is 16.8.